The molecule has 7 nitrogen and oxygen atoms in total. The number of hydrogen-bond donors (Lipinski definition) is 3. The smallest absolute Gasteiger partial charge is 0.317 e. The number of carbonyl (C=O) groups excluding carboxylic acids is 2. The SMILES string of the molecule is CCCNC(=O)CCC(=O)NC1CC(N(CC)CC(=O)O)C1. The first-order valence-corrected chi connectivity index (χ1v) is 7.98. The summed E-state index contributed by atoms with van der Waals surface area (Å²) in [4.78, 5) is 35.8. The minimum Gasteiger partial charge on any atom is -0.480 e. The summed E-state index contributed by atoms with van der Waals surface area (Å²) in [5.74, 6) is -1.04. The van der Waals surface area contributed by atoms with Gasteiger partial charge < -0.3 is 15.7 Å². The second-order valence-electron chi connectivity index (χ2n) is 5.70. The molecule has 2 amide bonds. The molecule has 0 aliphatic heterocycles. The minimum atomic E-state index is -0.826. The molecule has 22 heavy (non-hydrogen) atoms. The highest BCUT2D eigenvalue weighted by atomic mass is 16.4. The van der Waals surface area contributed by atoms with Gasteiger partial charge in [-0.15, -0.1) is 0 Å². The number of hydrogen-bond acceptors (Lipinski definition) is 4. The van der Waals surface area contributed by atoms with Crippen LogP contribution >= 0.6 is 0 Å². The van der Waals surface area contributed by atoms with Crippen LogP contribution in [0.3, 0.4) is 0 Å². The standard InChI is InChI=1S/C15H27N3O4/c1-3-7-16-13(19)5-6-14(20)17-11-8-12(9-11)18(4-2)10-15(21)22/h11-12H,3-10H2,1-2H3,(H,16,19)(H,17,20)(H,21,22). The van der Waals surface area contributed by atoms with Gasteiger partial charge >= 0.3 is 5.97 Å². The quantitative estimate of drug-likeness (QED) is 0.540. The van der Waals surface area contributed by atoms with Gasteiger partial charge in [0.25, 0.3) is 0 Å². The van der Waals surface area contributed by atoms with Crippen molar-refractivity contribution < 1.29 is 19.5 Å². The molecule has 0 radical (unpaired) electrons. The van der Waals surface area contributed by atoms with E-state index in [2.05, 4.69) is 10.6 Å². The van der Waals surface area contributed by atoms with Crippen molar-refractivity contribution >= 4 is 17.8 Å². The predicted molar refractivity (Wildman–Crippen MR) is 82.4 cm³/mol. The summed E-state index contributed by atoms with van der Waals surface area (Å²) in [7, 11) is 0. The van der Waals surface area contributed by atoms with E-state index in [0.29, 0.717) is 13.1 Å². The van der Waals surface area contributed by atoms with Gasteiger partial charge in [0.15, 0.2) is 0 Å². The number of amides is 2. The van der Waals surface area contributed by atoms with E-state index in [9.17, 15) is 14.4 Å². The van der Waals surface area contributed by atoms with Gasteiger partial charge in [-0.2, -0.15) is 0 Å². The normalized spacial score (nSPS) is 20.3. The monoisotopic (exact) mass is 313 g/mol. The van der Waals surface area contributed by atoms with Crippen LogP contribution in [0.15, 0.2) is 0 Å². The van der Waals surface area contributed by atoms with E-state index >= 15 is 0 Å². The fourth-order valence-electron chi connectivity index (χ4n) is 2.56. The molecule has 0 aromatic carbocycles. The van der Waals surface area contributed by atoms with Gasteiger partial charge in [0.05, 0.1) is 6.54 Å². The highest BCUT2D eigenvalue weighted by Gasteiger charge is 2.34. The average molecular weight is 313 g/mol. The second kappa shape index (κ2) is 9.40. The summed E-state index contributed by atoms with van der Waals surface area (Å²) >= 11 is 0. The lowest BCUT2D eigenvalue weighted by atomic mass is 9.85. The van der Waals surface area contributed by atoms with Crippen molar-refractivity contribution in [2.24, 2.45) is 0 Å². The van der Waals surface area contributed by atoms with Crippen molar-refractivity contribution in [3.05, 3.63) is 0 Å². The zero-order valence-electron chi connectivity index (χ0n) is 13.4. The Kier molecular flexibility index (Phi) is 7.87. The summed E-state index contributed by atoms with van der Waals surface area (Å²) in [6.07, 6.45) is 2.83. The van der Waals surface area contributed by atoms with Crippen molar-refractivity contribution in [3.8, 4) is 0 Å². The predicted octanol–water partition coefficient (Wildman–Crippen LogP) is 0.347. The van der Waals surface area contributed by atoms with Crippen LogP contribution in [-0.2, 0) is 14.4 Å². The van der Waals surface area contributed by atoms with Crippen LogP contribution in [0.25, 0.3) is 0 Å². The second-order valence-corrected chi connectivity index (χ2v) is 5.70. The van der Waals surface area contributed by atoms with Gasteiger partial charge in [0.1, 0.15) is 0 Å². The Balaban J connectivity index is 2.18. The molecule has 3 N–H and O–H groups in total. The van der Waals surface area contributed by atoms with Crippen LogP contribution < -0.4 is 10.6 Å². The molecular formula is C15H27N3O4. The molecule has 7 heteroatoms. The Bertz CT molecular complexity index is 394. The number of rotatable bonds is 10. The molecule has 0 atom stereocenters. The maximum atomic E-state index is 11.7. The maximum Gasteiger partial charge on any atom is 0.317 e. The van der Waals surface area contributed by atoms with E-state index < -0.39 is 5.97 Å². The molecular weight excluding hydrogens is 286 g/mol. The zero-order valence-corrected chi connectivity index (χ0v) is 13.4. The van der Waals surface area contributed by atoms with E-state index in [-0.39, 0.29) is 43.3 Å². The van der Waals surface area contributed by atoms with E-state index in [1.165, 1.54) is 0 Å². The number of carbonyl (C=O) groups is 3. The van der Waals surface area contributed by atoms with Crippen LogP contribution in [0.2, 0.25) is 0 Å². The van der Waals surface area contributed by atoms with Crippen molar-refractivity contribution in [2.45, 2.75) is 58.0 Å². The van der Waals surface area contributed by atoms with E-state index in [1.807, 2.05) is 18.7 Å². The third kappa shape index (κ3) is 6.43. The fourth-order valence-corrected chi connectivity index (χ4v) is 2.56. The van der Waals surface area contributed by atoms with E-state index in [1.54, 1.807) is 0 Å². The first-order valence-electron chi connectivity index (χ1n) is 7.98. The summed E-state index contributed by atoms with van der Waals surface area (Å²) in [5.41, 5.74) is 0. The summed E-state index contributed by atoms with van der Waals surface area (Å²) in [5, 5.41) is 14.5. The third-order valence-corrected chi connectivity index (χ3v) is 3.89. The summed E-state index contributed by atoms with van der Waals surface area (Å²) in [6.45, 7) is 5.28. The van der Waals surface area contributed by atoms with E-state index in [4.69, 9.17) is 5.11 Å². The number of aliphatic carboxylic acids is 1. The van der Waals surface area contributed by atoms with Crippen molar-refractivity contribution in [2.75, 3.05) is 19.6 Å². The Morgan fingerprint density at radius 1 is 1.14 bits per heavy atom. The lowest BCUT2D eigenvalue weighted by Crippen LogP contribution is -2.54. The highest BCUT2D eigenvalue weighted by Crippen LogP contribution is 2.25. The first-order chi connectivity index (χ1) is 10.5. The zero-order chi connectivity index (χ0) is 16.5. The van der Waals surface area contributed by atoms with Crippen LogP contribution in [0.1, 0.15) is 46.0 Å². The summed E-state index contributed by atoms with van der Waals surface area (Å²) < 4.78 is 0. The Morgan fingerprint density at radius 2 is 1.77 bits per heavy atom. The molecule has 0 bridgehead atoms. The lowest BCUT2D eigenvalue weighted by molar-refractivity contribution is -0.139. The molecule has 1 rings (SSSR count). The molecule has 1 fully saturated rings. The summed E-state index contributed by atoms with van der Waals surface area (Å²) in [6, 6.07) is 0.318. The highest BCUT2D eigenvalue weighted by molar-refractivity contribution is 5.83. The third-order valence-electron chi connectivity index (χ3n) is 3.89. The molecule has 1 aliphatic carbocycles. The number of carboxylic acid groups (broad SMARTS) is 1. The van der Waals surface area contributed by atoms with Gasteiger partial charge in [-0.3, -0.25) is 19.3 Å². The lowest BCUT2D eigenvalue weighted by Gasteiger charge is -2.42. The number of nitrogens with zero attached hydrogens (tertiary/aromatic N) is 1. The van der Waals surface area contributed by atoms with Crippen LogP contribution in [0.4, 0.5) is 0 Å². The van der Waals surface area contributed by atoms with Gasteiger partial charge in [0.2, 0.25) is 11.8 Å². The van der Waals surface area contributed by atoms with Gasteiger partial charge in [-0.05, 0) is 25.8 Å². The van der Waals surface area contributed by atoms with Gasteiger partial charge in [0, 0.05) is 31.5 Å². The van der Waals surface area contributed by atoms with Crippen LogP contribution in [-0.4, -0.2) is 59.5 Å². The first kappa shape index (κ1) is 18.4. The van der Waals surface area contributed by atoms with Crippen molar-refractivity contribution in [1.29, 1.82) is 0 Å². The molecule has 126 valence electrons. The number of nitrogens with one attached hydrogen (secondary N) is 2. The molecule has 1 saturated carbocycles. The maximum absolute atomic E-state index is 11.7. The van der Waals surface area contributed by atoms with E-state index in [0.717, 1.165) is 19.3 Å². The largest absolute Gasteiger partial charge is 0.480 e. The van der Waals surface area contributed by atoms with Crippen LogP contribution in [0.5, 0.6) is 0 Å². The minimum absolute atomic E-state index is 0.0411. The topological polar surface area (TPSA) is 98.7 Å². The molecule has 0 unspecified atom stereocenters. The fraction of sp³-hybridized carbons (Fsp3) is 0.800. The Hall–Kier alpha value is -1.63. The Morgan fingerprint density at radius 3 is 2.32 bits per heavy atom. The number of carboxylic acids is 1. The van der Waals surface area contributed by atoms with Crippen molar-refractivity contribution in [1.82, 2.24) is 15.5 Å². The van der Waals surface area contributed by atoms with Gasteiger partial charge in [-0.1, -0.05) is 13.8 Å². The molecule has 0 saturated heterocycles. The molecule has 1 aliphatic rings. The Labute approximate surface area is 131 Å². The van der Waals surface area contributed by atoms with Gasteiger partial charge in [-0.25, -0.2) is 0 Å². The molecule has 0 aromatic rings. The molecule has 0 aromatic heterocycles. The molecule has 0 heterocycles. The average Bonchev–Trinajstić information content (AvgIpc) is 2.43. The van der Waals surface area contributed by atoms with Crippen molar-refractivity contribution in [3.63, 3.8) is 0 Å². The molecule has 0 spiro atoms. The van der Waals surface area contributed by atoms with Crippen LogP contribution in [0, 0.1) is 0 Å². The number of likely N-dealkylation sites (N-methyl/N-ethyl adjacent to an activating group) is 1.